The standard InChI is InChI=1S/C14H15NO2/c1-10(9-17-2)12-4-3-11-5-6-13(8-16)15-14(11)7-12/h3-8,10H,9H2,1-2H3. The first-order chi connectivity index (χ1) is 8.24. The van der Waals surface area contributed by atoms with Gasteiger partial charge in [-0.3, -0.25) is 4.79 Å². The van der Waals surface area contributed by atoms with Gasteiger partial charge in [-0.05, 0) is 17.7 Å². The summed E-state index contributed by atoms with van der Waals surface area (Å²) >= 11 is 0. The van der Waals surface area contributed by atoms with E-state index < -0.39 is 0 Å². The second-order valence-corrected chi connectivity index (χ2v) is 4.16. The molecule has 0 saturated carbocycles. The third kappa shape index (κ3) is 2.50. The average Bonchev–Trinajstić information content (AvgIpc) is 2.37. The number of aromatic nitrogens is 1. The number of ether oxygens (including phenoxy) is 1. The molecule has 2 rings (SSSR count). The molecular formula is C14H15NO2. The maximum atomic E-state index is 10.7. The lowest BCUT2D eigenvalue weighted by Gasteiger charge is -2.11. The first kappa shape index (κ1) is 11.7. The molecule has 1 aromatic carbocycles. The van der Waals surface area contributed by atoms with Crippen molar-refractivity contribution in [3.05, 3.63) is 41.6 Å². The van der Waals surface area contributed by atoms with E-state index in [0.29, 0.717) is 18.2 Å². The van der Waals surface area contributed by atoms with E-state index in [0.717, 1.165) is 17.2 Å². The zero-order valence-corrected chi connectivity index (χ0v) is 10.0. The van der Waals surface area contributed by atoms with Crippen LogP contribution >= 0.6 is 0 Å². The van der Waals surface area contributed by atoms with E-state index in [1.165, 1.54) is 5.56 Å². The Hall–Kier alpha value is -1.74. The van der Waals surface area contributed by atoms with Gasteiger partial charge in [-0.15, -0.1) is 0 Å². The third-order valence-electron chi connectivity index (χ3n) is 2.84. The molecule has 0 bridgehead atoms. The lowest BCUT2D eigenvalue weighted by Crippen LogP contribution is -2.02. The van der Waals surface area contributed by atoms with Crippen LogP contribution in [-0.4, -0.2) is 25.0 Å². The summed E-state index contributed by atoms with van der Waals surface area (Å²) in [5.41, 5.74) is 2.50. The van der Waals surface area contributed by atoms with Gasteiger partial charge < -0.3 is 4.74 Å². The third-order valence-corrected chi connectivity index (χ3v) is 2.84. The molecule has 88 valence electrons. The van der Waals surface area contributed by atoms with Crippen LogP contribution in [0.1, 0.15) is 28.9 Å². The Morgan fingerprint density at radius 2 is 2.12 bits per heavy atom. The van der Waals surface area contributed by atoms with Crippen LogP contribution in [0.4, 0.5) is 0 Å². The summed E-state index contributed by atoms with van der Waals surface area (Å²) < 4.78 is 5.14. The highest BCUT2D eigenvalue weighted by atomic mass is 16.5. The number of hydrogen-bond donors (Lipinski definition) is 0. The highest BCUT2D eigenvalue weighted by Crippen LogP contribution is 2.20. The molecule has 0 aliphatic heterocycles. The molecule has 0 spiro atoms. The molecule has 2 aromatic rings. The van der Waals surface area contributed by atoms with Crippen molar-refractivity contribution in [3.8, 4) is 0 Å². The zero-order chi connectivity index (χ0) is 12.3. The molecule has 0 amide bonds. The van der Waals surface area contributed by atoms with Crippen molar-refractivity contribution in [1.82, 2.24) is 4.98 Å². The Kier molecular flexibility index (Phi) is 3.49. The molecule has 17 heavy (non-hydrogen) atoms. The van der Waals surface area contributed by atoms with E-state index >= 15 is 0 Å². The predicted octanol–water partition coefficient (Wildman–Crippen LogP) is 2.80. The minimum absolute atomic E-state index is 0.325. The van der Waals surface area contributed by atoms with Crippen LogP contribution in [0.2, 0.25) is 0 Å². The van der Waals surface area contributed by atoms with Gasteiger partial charge in [-0.2, -0.15) is 0 Å². The first-order valence-corrected chi connectivity index (χ1v) is 5.59. The van der Waals surface area contributed by atoms with Crippen LogP contribution in [0.5, 0.6) is 0 Å². The summed E-state index contributed by atoms with van der Waals surface area (Å²) in [6.07, 6.45) is 0.769. The van der Waals surface area contributed by atoms with Crippen molar-refractivity contribution in [3.63, 3.8) is 0 Å². The summed E-state index contributed by atoms with van der Waals surface area (Å²) in [5.74, 6) is 0.325. The van der Waals surface area contributed by atoms with Crippen molar-refractivity contribution in [2.75, 3.05) is 13.7 Å². The fourth-order valence-electron chi connectivity index (χ4n) is 1.87. The van der Waals surface area contributed by atoms with E-state index in [1.807, 2.05) is 18.2 Å². The van der Waals surface area contributed by atoms with Crippen LogP contribution in [0, 0.1) is 0 Å². The summed E-state index contributed by atoms with van der Waals surface area (Å²) in [4.78, 5) is 15.0. The lowest BCUT2D eigenvalue weighted by atomic mass is 10.0. The molecule has 0 N–H and O–H groups in total. The number of nitrogens with zero attached hydrogens (tertiary/aromatic N) is 1. The maximum Gasteiger partial charge on any atom is 0.168 e. The fourth-order valence-corrected chi connectivity index (χ4v) is 1.87. The lowest BCUT2D eigenvalue weighted by molar-refractivity contribution is 0.111. The predicted molar refractivity (Wildman–Crippen MR) is 67.4 cm³/mol. The van der Waals surface area contributed by atoms with Crippen molar-refractivity contribution in [2.24, 2.45) is 0 Å². The molecule has 0 radical (unpaired) electrons. The summed E-state index contributed by atoms with van der Waals surface area (Å²) in [6, 6.07) is 9.77. The van der Waals surface area contributed by atoms with Gasteiger partial charge in [0.05, 0.1) is 12.1 Å². The van der Waals surface area contributed by atoms with Crippen LogP contribution in [0.25, 0.3) is 10.9 Å². The molecule has 1 heterocycles. The molecule has 3 heteroatoms. The minimum atomic E-state index is 0.325. The molecule has 1 unspecified atom stereocenters. The zero-order valence-electron chi connectivity index (χ0n) is 10.0. The minimum Gasteiger partial charge on any atom is -0.384 e. The van der Waals surface area contributed by atoms with Gasteiger partial charge in [0.15, 0.2) is 6.29 Å². The molecule has 1 atom stereocenters. The average molecular weight is 229 g/mol. The highest BCUT2D eigenvalue weighted by molar-refractivity contribution is 5.83. The second kappa shape index (κ2) is 5.06. The summed E-state index contributed by atoms with van der Waals surface area (Å²) in [5, 5.41) is 1.05. The largest absolute Gasteiger partial charge is 0.384 e. The molecule has 0 fully saturated rings. The van der Waals surface area contributed by atoms with Crippen LogP contribution in [0.3, 0.4) is 0 Å². The number of carbonyl (C=O) groups is 1. The van der Waals surface area contributed by atoms with Crippen molar-refractivity contribution >= 4 is 17.2 Å². The fraction of sp³-hybridized carbons (Fsp3) is 0.286. The van der Waals surface area contributed by atoms with E-state index in [-0.39, 0.29) is 0 Å². The molecule has 0 aliphatic carbocycles. The van der Waals surface area contributed by atoms with E-state index in [9.17, 15) is 4.79 Å². The van der Waals surface area contributed by atoms with Gasteiger partial charge in [0.25, 0.3) is 0 Å². The van der Waals surface area contributed by atoms with E-state index in [4.69, 9.17) is 4.74 Å². The molecule has 1 aromatic heterocycles. The number of aldehydes is 1. The normalized spacial score (nSPS) is 12.6. The highest BCUT2D eigenvalue weighted by Gasteiger charge is 2.06. The Bertz CT molecular complexity index is 537. The van der Waals surface area contributed by atoms with Crippen LogP contribution < -0.4 is 0 Å². The van der Waals surface area contributed by atoms with Gasteiger partial charge in [0.1, 0.15) is 5.69 Å². The van der Waals surface area contributed by atoms with Gasteiger partial charge in [0.2, 0.25) is 0 Å². The van der Waals surface area contributed by atoms with Crippen LogP contribution in [-0.2, 0) is 4.74 Å². The number of benzene rings is 1. The van der Waals surface area contributed by atoms with Gasteiger partial charge in [-0.1, -0.05) is 25.1 Å². The Morgan fingerprint density at radius 3 is 2.82 bits per heavy atom. The number of carbonyl (C=O) groups excluding carboxylic acids is 1. The number of rotatable bonds is 4. The van der Waals surface area contributed by atoms with Crippen LogP contribution in [0.15, 0.2) is 30.3 Å². The SMILES string of the molecule is COCC(C)c1ccc2ccc(C=O)nc2c1. The second-order valence-electron chi connectivity index (χ2n) is 4.16. The monoisotopic (exact) mass is 229 g/mol. The Labute approximate surface area is 100 Å². The molecule has 3 nitrogen and oxygen atoms in total. The summed E-state index contributed by atoms with van der Waals surface area (Å²) in [7, 11) is 1.69. The summed E-state index contributed by atoms with van der Waals surface area (Å²) in [6.45, 7) is 2.78. The maximum absolute atomic E-state index is 10.7. The topological polar surface area (TPSA) is 39.2 Å². The number of fused-ring (bicyclic) bond motifs is 1. The van der Waals surface area contributed by atoms with E-state index in [2.05, 4.69) is 18.0 Å². The van der Waals surface area contributed by atoms with Crippen molar-refractivity contribution in [1.29, 1.82) is 0 Å². The molecular weight excluding hydrogens is 214 g/mol. The van der Waals surface area contributed by atoms with Gasteiger partial charge in [-0.25, -0.2) is 4.98 Å². The quantitative estimate of drug-likeness (QED) is 0.757. The molecule has 0 aliphatic rings. The number of hydrogen-bond acceptors (Lipinski definition) is 3. The molecule has 0 saturated heterocycles. The van der Waals surface area contributed by atoms with Crippen molar-refractivity contribution in [2.45, 2.75) is 12.8 Å². The Morgan fingerprint density at radius 1 is 1.35 bits per heavy atom. The van der Waals surface area contributed by atoms with E-state index in [1.54, 1.807) is 13.2 Å². The van der Waals surface area contributed by atoms with Gasteiger partial charge in [0, 0.05) is 18.4 Å². The first-order valence-electron chi connectivity index (χ1n) is 5.59. The smallest absolute Gasteiger partial charge is 0.168 e. The van der Waals surface area contributed by atoms with Crippen molar-refractivity contribution < 1.29 is 9.53 Å². The number of pyridine rings is 1. The van der Waals surface area contributed by atoms with Gasteiger partial charge >= 0.3 is 0 Å². The number of methoxy groups -OCH3 is 1. The Balaban J connectivity index is 2.44.